The molecule has 0 saturated heterocycles. The normalized spacial score (nSPS) is 11.3. The van der Waals surface area contributed by atoms with Crippen molar-refractivity contribution in [3.8, 4) is 67.3 Å². The van der Waals surface area contributed by atoms with Crippen molar-refractivity contribution in [2.75, 3.05) is 0 Å². The van der Waals surface area contributed by atoms with Gasteiger partial charge in [0.05, 0.1) is 11.4 Å². The third-order valence-electron chi connectivity index (χ3n) is 9.02. The molecule has 3 aromatic heterocycles. The maximum absolute atomic E-state index is 6.07. The number of furan rings is 1. The van der Waals surface area contributed by atoms with Crippen molar-refractivity contribution in [2.45, 2.75) is 0 Å². The Bertz CT molecular complexity index is 2590. The molecule has 0 aliphatic heterocycles. The molecule has 230 valence electrons. The van der Waals surface area contributed by atoms with Crippen molar-refractivity contribution >= 4 is 21.9 Å². The van der Waals surface area contributed by atoms with Gasteiger partial charge in [-0.25, -0.2) is 9.97 Å². The van der Waals surface area contributed by atoms with Crippen LogP contribution in [0.15, 0.2) is 181 Å². The molecule has 0 unspecified atom stereocenters. The lowest BCUT2D eigenvalue weighted by Gasteiger charge is -2.13. The Kier molecular flexibility index (Phi) is 7.10. The fraction of sp³-hybridized carbons (Fsp3) is 0. The van der Waals surface area contributed by atoms with E-state index in [1.165, 1.54) is 0 Å². The zero-order chi connectivity index (χ0) is 32.6. The van der Waals surface area contributed by atoms with Crippen LogP contribution < -0.4 is 0 Å². The van der Waals surface area contributed by atoms with Gasteiger partial charge in [0.1, 0.15) is 11.2 Å². The minimum Gasteiger partial charge on any atom is -0.456 e. The number of benzene rings is 6. The van der Waals surface area contributed by atoms with E-state index in [1.54, 1.807) is 6.20 Å². The van der Waals surface area contributed by atoms with Gasteiger partial charge in [0, 0.05) is 45.4 Å². The van der Waals surface area contributed by atoms with Gasteiger partial charge < -0.3 is 4.42 Å². The zero-order valence-electron chi connectivity index (χ0n) is 26.5. The lowest BCUT2D eigenvalue weighted by molar-refractivity contribution is 0.669. The second-order valence-electron chi connectivity index (χ2n) is 12.1. The average Bonchev–Trinajstić information content (AvgIpc) is 3.57. The molecule has 0 amide bonds. The molecule has 0 aliphatic carbocycles. The van der Waals surface area contributed by atoms with Crippen LogP contribution in [-0.4, -0.2) is 15.0 Å². The Morgan fingerprint density at radius 3 is 1.82 bits per heavy atom. The third-order valence-corrected chi connectivity index (χ3v) is 9.02. The summed E-state index contributed by atoms with van der Waals surface area (Å²) in [6.07, 6.45) is 3.68. The van der Waals surface area contributed by atoms with Crippen molar-refractivity contribution < 1.29 is 4.42 Å². The van der Waals surface area contributed by atoms with Crippen LogP contribution >= 0.6 is 0 Å². The Balaban J connectivity index is 1.16. The average molecular weight is 628 g/mol. The van der Waals surface area contributed by atoms with Crippen LogP contribution in [0, 0.1) is 0 Å². The number of hydrogen-bond acceptors (Lipinski definition) is 4. The van der Waals surface area contributed by atoms with Gasteiger partial charge >= 0.3 is 0 Å². The van der Waals surface area contributed by atoms with Gasteiger partial charge in [0.2, 0.25) is 0 Å². The van der Waals surface area contributed by atoms with Crippen molar-refractivity contribution in [1.29, 1.82) is 0 Å². The largest absolute Gasteiger partial charge is 0.456 e. The summed E-state index contributed by atoms with van der Waals surface area (Å²) >= 11 is 0. The van der Waals surface area contributed by atoms with Crippen LogP contribution in [0.25, 0.3) is 89.2 Å². The first-order valence-electron chi connectivity index (χ1n) is 16.3. The molecule has 4 heteroatoms. The van der Waals surface area contributed by atoms with Gasteiger partial charge in [0.25, 0.3) is 0 Å². The van der Waals surface area contributed by atoms with E-state index in [0.29, 0.717) is 5.82 Å². The van der Waals surface area contributed by atoms with E-state index in [2.05, 4.69) is 132 Å². The number of hydrogen-bond donors (Lipinski definition) is 0. The van der Waals surface area contributed by atoms with Gasteiger partial charge in [0.15, 0.2) is 5.82 Å². The highest BCUT2D eigenvalue weighted by molar-refractivity contribution is 6.06. The van der Waals surface area contributed by atoms with Gasteiger partial charge in [-0.1, -0.05) is 127 Å². The predicted octanol–water partition coefficient (Wildman–Crippen LogP) is 11.8. The number of pyridine rings is 1. The molecular weight excluding hydrogens is 599 g/mol. The number of para-hydroxylation sites is 1. The molecule has 0 spiro atoms. The fourth-order valence-electron chi connectivity index (χ4n) is 6.54. The van der Waals surface area contributed by atoms with Crippen molar-refractivity contribution in [3.63, 3.8) is 0 Å². The Morgan fingerprint density at radius 1 is 0.367 bits per heavy atom. The van der Waals surface area contributed by atoms with Gasteiger partial charge in [-0.15, -0.1) is 0 Å². The Morgan fingerprint density at radius 2 is 0.980 bits per heavy atom. The highest BCUT2D eigenvalue weighted by atomic mass is 16.3. The summed E-state index contributed by atoms with van der Waals surface area (Å²) in [7, 11) is 0. The van der Waals surface area contributed by atoms with Crippen molar-refractivity contribution in [1.82, 2.24) is 15.0 Å². The molecule has 6 aromatic carbocycles. The number of aromatic nitrogens is 3. The van der Waals surface area contributed by atoms with E-state index in [9.17, 15) is 0 Å². The second kappa shape index (κ2) is 12.2. The first-order chi connectivity index (χ1) is 24.3. The third kappa shape index (κ3) is 5.45. The minimum atomic E-state index is 0.665. The molecule has 49 heavy (non-hydrogen) atoms. The lowest BCUT2D eigenvalue weighted by atomic mass is 9.98. The standard InChI is InChI=1S/C45H29N3O/c1-2-10-30(11-3-1)33-12-8-13-35(26-33)42-28-41(47-45(48-42)39-17-5-4-15-37(39)36-14-9-25-46-29-36)32-21-19-31(20-22-32)34-23-24-44-40(27-34)38-16-6-7-18-43(38)49-44/h1-29H. The zero-order valence-corrected chi connectivity index (χ0v) is 26.5. The second-order valence-corrected chi connectivity index (χ2v) is 12.1. The van der Waals surface area contributed by atoms with E-state index in [0.717, 1.165) is 83.4 Å². The number of nitrogens with zero attached hydrogens (tertiary/aromatic N) is 3. The molecule has 0 radical (unpaired) electrons. The summed E-state index contributed by atoms with van der Waals surface area (Å²) in [6.45, 7) is 0. The molecule has 3 heterocycles. The minimum absolute atomic E-state index is 0.665. The summed E-state index contributed by atoms with van der Waals surface area (Å²) in [5, 5.41) is 2.24. The van der Waals surface area contributed by atoms with Crippen LogP contribution in [0.3, 0.4) is 0 Å². The van der Waals surface area contributed by atoms with E-state index in [4.69, 9.17) is 14.4 Å². The lowest BCUT2D eigenvalue weighted by Crippen LogP contribution is -1.97. The first kappa shape index (κ1) is 28.6. The number of rotatable bonds is 6. The molecule has 0 fully saturated rings. The first-order valence-corrected chi connectivity index (χ1v) is 16.3. The van der Waals surface area contributed by atoms with Crippen LogP contribution in [0.4, 0.5) is 0 Å². The molecule has 4 nitrogen and oxygen atoms in total. The van der Waals surface area contributed by atoms with E-state index in [1.807, 2.05) is 42.6 Å². The smallest absolute Gasteiger partial charge is 0.161 e. The molecular formula is C45H29N3O. The van der Waals surface area contributed by atoms with Gasteiger partial charge in [-0.3, -0.25) is 4.98 Å². The topological polar surface area (TPSA) is 51.8 Å². The maximum atomic E-state index is 6.07. The van der Waals surface area contributed by atoms with E-state index >= 15 is 0 Å². The number of fused-ring (bicyclic) bond motifs is 3. The molecule has 0 bridgehead atoms. The quantitative estimate of drug-likeness (QED) is 0.184. The SMILES string of the molecule is c1ccc(-c2cccc(-c3cc(-c4ccc(-c5ccc6oc7ccccc7c6c5)cc4)nc(-c4ccccc4-c4cccnc4)n3)c2)cc1. The Labute approximate surface area is 284 Å². The monoisotopic (exact) mass is 627 g/mol. The summed E-state index contributed by atoms with van der Waals surface area (Å²) in [5.41, 5.74) is 13.1. The molecule has 0 atom stereocenters. The summed E-state index contributed by atoms with van der Waals surface area (Å²) in [4.78, 5) is 14.8. The maximum Gasteiger partial charge on any atom is 0.161 e. The summed E-state index contributed by atoms with van der Waals surface area (Å²) in [5.74, 6) is 0.665. The van der Waals surface area contributed by atoms with Gasteiger partial charge in [-0.2, -0.15) is 0 Å². The Hall–Kier alpha value is -6.65. The van der Waals surface area contributed by atoms with Gasteiger partial charge in [-0.05, 0) is 64.2 Å². The molecule has 0 N–H and O–H groups in total. The molecule has 0 saturated carbocycles. The van der Waals surface area contributed by atoms with Crippen molar-refractivity contribution in [2.24, 2.45) is 0 Å². The van der Waals surface area contributed by atoms with E-state index < -0.39 is 0 Å². The van der Waals surface area contributed by atoms with Crippen LogP contribution in [0.1, 0.15) is 0 Å². The summed E-state index contributed by atoms with van der Waals surface area (Å²) < 4.78 is 6.07. The van der Waals surface area contributed by atoms with Crippen molar-refractivity contribution in [3.05, 3.63) is 176 Å². The molecule has 0 aliphatic rings. The predicted molar refractivity (Wildman–Crippen MR) is 200 cm³/mol. The highest BCUT2D eigenvalue weighted by Crippen LogP contribution is 2.36. The summed E-state index contributed by atoms with van der Waals surface area (Å²) in [6, 6.07) is 56.6. The van der Waals surface area contributed by atoms with E-state index in [-0.39, 0.29) is 0 Å². The van der Waals surface area contributed by atoms with Crippen LogP contribution in [0.5, 0.6) is 0 Å². The van der Waals surface area contributed by atoms with Crippen LogP contribution in [-0.2, 0) is 0 Å². The van der Waals surface area contributed by atoms with Crippen LogP contribution in [0.2, 0.25) is 0 Å². The fourth-order valence-corrected chi connectivity index (χ4v) is 6.54. The highest BCUT2D eigenvalue weighted by Gasteiger charge is 2.16. The molecule has 9 aromatic rings. The molecule has 9 rings (SSSR count).